The molecule has 1 aromatic carbocycles. The van der Waals surface area contributed by atoms with E-state index in [-0.39, 0.29) is 4.90 Å². The summed E-state index contributed by atoms with van der Waals surface area (Å²) < 4.78 is 36.0. The summed E-state index contributed by atoms with van der Waals surface area (Å²) >= 11 is 0. The second-order valence-corrected chi connectivity index (χ2v) is 6.33. The molecule has 114 valence electrons. The van der Waals surface area contributed by atoms with Gasteiger partial charge in [0.1, 0.15) is 5.75 Å². The topological polar surface area (TPSA) is 81.9 Å². The van der Waals surface area contributed by atoms with Crippen LogP contribution in [0.4, 0.5) is 0 Å². The molecule has 0 fully saturated rings. The third-order valence-electron chi connectivity index (χ3n) is 2.76. The fourth-order valence-electron chi connectivity index (χ4n) is 1.50. The standard InChI is InChI=1S/C13H22N2O4S/c1-15(9-11-18-2)20(16,17)13-6-4-12(5-7-13)19-10-3-8-14/h4-7H,3,8-11,14H2,1-2H3. The molecule has 0 unspecified atom stereocenters. The monoisotopic (exact) mass is 302 g/mol. The number of hydrogen-bond donors (Lipinski definition) is 1. The number of likely N-dealkylation sites (N-methyl/N-ethyl adjacent to an activating group) is 1. The van der Waals surface area contributed by atoms with Crippen molar-refractivity contribution in [3.05, 3.63) is 24.3 Å². The van der Waals surface area contributed by atoms with E-state index in [2.05, 4.69) is 0 Å². The second kappa shape index (κ2) is 8.21. The Labute approximate surface area is 120 Å². The first-order valence-corrected chi connectivity index (χ1v) is 7.84. The molecule has 0 aromatic heterocycles. The van der Waals surface area contributed by atoms with Gasteiger partial charge in [0, 0.05) is 20.7 Å². The molecule has 2 N–H and O–H groups in total. The fourth-order valence-corrected chi connectivity index (χ4v) is 2.66. The van der Waals surface area contributed by atoms with Gasteiger partial charge in [0.15, 0.2) is 0 Å². The van der Waals surface area contributed by atoms with Crippen LogP contribution in [0, 0.1) is 0 Å². The minimum Gasteiger partial charge on any atom is -0.494 e. The normalized spacial score (nSPS) is 11.8. The molecule has 0 aliphatic rings. The van der Waals surface area contributed by atoms with Crippen LogP contribution in [0.3, 0.4) is 0 Å². The van der Waals surface area contributed by atoms with Crippen molar-refractivity contribution in [2.45, 2.75) is 11.3 Å². The number of nitrogens with zero attached hydrogens (tertiary/aromatic N) is 1. The van der Waals surface area contributed by atoms with Gasteiger partial charge in [-0.2, -0.15) is 4.31 Å². The highest BCUT2D eigenvalue weighted by atomic mass is 32.2. The molecule has 0 saturated carbocycles. The molecule has 20 heavy (non-hydrogen) atoms. The van der Waals surface area contributed by atoms with Crippen LogP contribution >= 0.6 is 0 Å². The lowest BCUT2D eigenvalue weighted by molar-refractivity contribution is 0.185. The third kappa shape index (κ3) is 4.75. The van der Waals surface area contributed by atoms with Crippen LogP contribution in [0.5, 0.6) is 5.75 Å². The molecule has 7 heteroatoms. The first-order chi connectivity index (χ1) is 9.52. The zero-order valence-electron chi connectivity index (χ0n) is 11.9. The second-order valence-electron chi connectivity index (χ2n) is 4.28. The van der Waals surface area contributed by atoms with Crippen molar-refractivity contribution in [3.8, 4) is 5.75 Å². The lowest BCUT2D eigenvalue weighted by Crippen LogP contribution is -2.30. The summed E-state index contributed by atoms with van der Waals surface area (Å²) in [4.78, 5) is 0.238. The number of methoxy groups -OCH3 is 1. The Balaban J connectivity index is 2.71. The highest BCUT2D eigenvalue weighted by Gasteiger charge is 2.20. The van der Waals surface area contributed by atoms with Crippen molar-refractivity contribution in [2.75, 3.05) is 40.5 Å². The van der Waals surface area contributed by atoms with E-state index in [0.717, 1.165) is 6.42 Å². The van der Waals surface area contributed by atoms with Crippen molar-refractivity contribution >= 4 is 10.0 Å². The summed E-state index contributed by atoms with van der Waals surface area (Å²) in [6, 6.07) is 6.37. The Morgan fingerprint density at radius 2 is 1.85 bits per heavy atom. The number of ether oxygens (including phenoxy) is 2. The Morgan fingerprint density at radius 1 is 1.20 bits per heavy atom. The first-order valence-electron chi connectivity index (χ1n) is 6.40. The van der Waals surface area contributed by atoms with Crippen LogP contribution in [0.2, 0.25) is 0 Å². The summed E-state index contributed by atoms with van der Waals surface area (Å²) in [7, 11) is -0.412. The van der Waals surface area contributed by atoms with Crippen molar-refractivity contribution in [1.82, 2.24) is 4.31 Å². The summed E-state index contributed by atoms with van der Waals surface area (Å²) in [5.41, 5.74) is 5.37. The predicted molar refractivity (Wildman–Crippen MR) is 77.3 cm³/mol. The molecule has 0 aliphatic heterocycles. The molecular weight excluding hydrogens is 280 g/mol. The van der Waals surface area contributed by atoms with Crippen LogP contribution < -0.4 is 10.5 Å². The van der Waals surface area contributed by atoms with Crippen molar-refractivity contribution < 1.29 is 17.9 Å². The van der Waals surface area contributed by atoms with Gasteiger partial charge in [0.05, 0.1) is 18.1 Å². The summed E-state index contributed by atoms with van der Waals surface area (Å²) in [6.45, 7) is 1.76. The number of sulfonamides is 1. The largest absolute Gasteiger partial charge is 0.494 e. The van der Waals surface area contributed by atoms with Gasteiger partial charge >= 0.3 is 0 Å². The molecule has 0 spiro atoms. The van der Waals surface area contributed by atoms with E-state index in [1.807, 2.05) is 0 Å². The molecule has 1 aromatic rings. The smallest absolute Gasteiger partial charge is 0.242 e. The average molecular weight is 302 g/mol. The fraction of sp³-hybridized carbons (Fsp3) is 0.538. The quantitative estimate of drug-likeness (QED) is 0.678. The molecule has 0 saturated heterocycles. The Bertz CT molecular complexity index is 488. The molecule has 0 bridgehead atoms. The van der Waals surface area contributed by atoms with Gasteiger partial charge in [0.25, 0.3) is 0 Å². The summed E-state index contributed by atoms with van der Waals surface area (Å²) in [6.07, 6.45) is 0.764. The summed E-state index contributed by atoms with van der Waals surface area (Å²) in [5, 5.41) is 0. The number of rotatable bonds is 9. The van der Waals surface area contributed by atoms with Crippen molar-refractivity contribution in [3.63, 3.8) is 0 Å². The highest BCUT2D eigenvalue weighted by Crippen LogP contribution is 2.18. The van der Waals surface area contributed by atoms with Gasteiger partial charge in [0.2, 0.25) is 10.0 Å². The predicted octanol–water partition coefficient (Wildman–Crippen LogP) is 0.681. The van der Waals surface area contributed by atoms with Gasteiger partial charge in [-0.15, -0.1) is 0 Å². The van der Waals surface area contributed by atoms with Crippen LogP contribution in [-0.2, 0) is 14.8 Å². The van der Waals surface area contributed by atoms with Gasteiger partial charge in [-0.05, 0) is 37.2 Å². The molecule has 0 heterocycles. The lowest BCUT2D eigenvalue weighted by atomic mass is 10.3. The zero-order valence-corrected chi connectivity index (χ0v) is 12.7. The lowest BCUT2D eigenvalue weighted by Gasteiger charge is -2.16. The SMILES string of the molecule is COCCN(C)S(=O)(=O)c1ccc(OCCCN)cc1. The van der Waals surface area contributed by atoms with E-state index in [0.29, 0.717) is 32.1 Å². The van der Waals surface area contributed by atoms with Crippen molar-refractivity contribution in [2.24, 2.45) is 5.73 Å². The first kappa shape index (κ1) is 16.9. The van der Waals surface area contributed by atoms with Gasteiger partial charge < -0.3 is 15.2 Å². The average Bonchev–Trinajstić information content (AvgIpc) is 2.45. The summed E-state index contributed by atoms with van der Waals surface area (Å²) in [5.74, 6) is 0.636. The Kier molecular flexibility index (Phi) is 6.94. The third-order valence-corrected chi connectivity index (χ3v) is 4.63. The van der Waals surface area contributed by atoms with Crippen LogP contribution in [0.1, 0.15) is 6.42 Å². The molecule has 0 amide bonds. The molecule has 6 nitrogen and oxygen atoms in total. The minimum atomic E-state index is -3.48. The zero-order chi connectivity index (χ0) is 15.0. The van der Waals surface area contributed by atoms with Crippen LogP contribution in [0.15, 0.2) is 29.2 Å². The molecule has 0 atom stereocenters. The van der Waals surface area contributed by atoms with Crippen LogP contribution in [0.25, 0.3) is 0 Å². The van der Waals surface area contributed by atoms with E-state index in [1.165, 1.54) is 30.6 Å². The molecule has 0 aliphatic carbocycles. The van der Waals surface area contributed by atoms with E-state index in [4.69, 9.17) is 15.2 Å². The molecule has 1 rings (SSSR count). The Morgan fingerprint density at radius 3 is 2.40 bits per heavy atom. The van der Waals surface area contributed by atoms with Gasteiger partial charge in [-0.3, -0.25) is 0 Å². The Hall–Kier alpha value is -1.15. The highest BCUT2D eigenvalue weighted by molar-refractivity contribution is 7.89. The maximum absolute atomic E-state index is 12.2. The molecule has 0 radical (unpaired) electrons. The minimum absolute atomic E-state index is 0.238. The van der Waals surface area contributed by atoms with E-state index in [9.17, 15) is 8.42 Å². The number of nitrogens with two attached hydrogens (primary N) is 1. The van der Waals surface area contributed by atoms with Crippen molar-refractivity contribution in [1.29, 1.82) is 0 Å². The maximum atomic E-state index is 12.2. The number of hydrogen-bond acceptors (Lipinski definition) is 5. The van der Waals surface area contributed by atoms with E-state index >= 15 is 0 Å². The molecular formula is C13H22N2O4S. The number of benzene rings is 1. The van der Waals surface area contributed by atoms with E-state index < -0.39 is 10.0 Å². The van der Waals surface area contributed by atoms with Gasteiger partial charge in [-0.1, -0.05) is 0 Å². The van der Waals surface area contributed by atoms with E-state index in [1.54, 1.807) is 12.1 Å². The van der Waals surface area contributed by atoms with Gasteiger partial charge in [-0.25, -0.2) is 8.42 Å². The van der Waals surface area contributed by atoms with Crippen LogP contribution in [-0.4, -0.2) is 53.2 Å². The maximum Gasteiger partial charge on any atom is 0.242 e.